The van der Waals surface area contributed by atoms with E-state index in [1.807, 2.05) is 53.4 Å². The highest BCUT2D eigenvalue weighted by Crippen LogP contribution is 2.33. The Morgan fingerprint density at radius 3 is 2.07 bits per heavy atom. The van der Waals surface area contributed by atoms with Crippen molar-refractivity contribution in [3.05, 3.63) is 72.3 Å². The number of benzene rings is 2. The molecule has 7 heteroatoms. The van der Waals surface area contributed by atoms with Crippen LogP contribution in [-0.2, 0) is 4.79 Å². The van der Waals surface area contributed by atoms with Gasteiger partial charge in [0.1, 0.15) is 6.17 Å². The van der Waals surface area contributed by atoms with Crippen molar-refractivity contribution in [2.45, 2.75) is 9.96 Å². The standard InChI is InChI=1S/C21H22Cl3N3O/c22-21(23,24)20(25-19(28)12-11-17-7-3-1-4-8-17)27-15-13-26(14-16-27)18-9-5-2-6-10-18/h1-12,20H,13-16H2,(H,25,28). The third-order valence-electron chi connectivity index (χ3n) is 4.62. The maximum atomic E-state index is 12.4. The number of amides is 1. The Bertz CT molecular complexity index is 786. The molecule has 148 valence electrons. The zero-order valence-electron chi connectivity index (χ0n) is 15.3. The molecule has 2 aromatic carbocycles. The summed E-state index contributed by atoms with van der Waals surface area (Å²) in [5, 5.41) is 2.84. The Morgan fingerprint density at radius 2 is 1.50 bits per heavy atom. The SMILES string of the molecule is O=C(C=Cc1ccccc1)NC(N1CCN(c2ccccc2)CC1)C(Cl)(Cl)Cl. The summed E-state index contributed by atoms with van der Waals surface area (Å²) in [6, 6.07) is 19.8. The zero-order valence-corrected chi connectivity index (χ0v) is 17.5. The van der Waals surface area contributed by atoms with E-state index in [1.54, 1.807) is 6.08 Å². The van der Waals surface area contributed by atoms with Crippen LogP contribution in [-0.4, -0.2) is 46.9 Å². The van der Waals surface area contributed by atoms with Gasteiger partial charge in [0.15, 0.2) is 0 Å². The van der Waals surface area contributed by atoms with Crippen molar-refractivity contribution in [1.29, 1.82) is 0 Å². The number of anilines is 1. The van der Waals surface area contributed by atoms with Crippen molar-refractivity contribution in [3.63, 3.8) is 0 Å². The Kier molecular flexibility index (Phi) is 7.24. The number of para-hydroxylation sites is 1. The van der Waals surface area contributed by atoms with Crippen LogP contribution in [0.15, 0.2) is 66.7 Å². The number of piperazine rings is 1. The molecule has 1 saturated heterocycles. The molecule has 1 N–H and O–H groups in total. The third kappa shape index (κ3) is 5.89. The summed E-state index contributed by atoms with van der Waals surface area (Å²) in [6.07, 6.45) is 2.49. The average Bonchev–Trinajstić information content (AvgIpc) is 2.71. The minimum absolute atomic E-state index is 0.300. The molecule has 1 atom stereocenters. The normalized spacial score (nSPS) is 16.9. The summed E-state index contributed by atoms with van der Waals surface area (Å²) in [6.45, 7) is 2.93. The fourth-order valence-corrected chi connectivity index (χ4v) is 3.75. The Balaban J connectivity index is 1.61. The lowest BCUT2D eigenvalue weighted by Gasteiger charge is -2.42. The lowest BCUT2D eigenvalue weighted by Crippen LogP contribution is -2.60. The highest BCUT2D eigenvalue weighted by molar-refractivity contribution is 6.68. The van der Waals surface area contributed by atoms with Gasteiger partial charge in [0, 0.05) is 37.9 Å². The van der Waals surface area contributed by atoms with Crippen LogP contribution in [0.1, 0.15) is 5.56 Å². The van der Waals surface area contributed by atoms with Gasteiger partial charge in [-0.1, -0.05) is 83.3 Å². The van der Waals surface area contributed by atoms with Gasteiger partial charge in [0.2, 0.25) is 9.70 Å². The lowest BCUT2D eigenvalue weighted by molar-refractivity contribution is -0.118. The molecular weight excluding hydrogens is 417 g/mol. The number of rotatable bonds is 5. The van der Waals surface area contributed by atoms with Gasteiger partial charge in [-0.15, -0.1) is 0 Å². The first-order valence-corrected chi connectivity index (χ1v) is 10.2. The maximum Gasteiger partial charge on any atom is 0.245 e. The Labute approximate surface area is 180 Å². The molecule has 1 amide bonds. The molecule has 0 saturated carbocycles. The minimum atomic E-state index is -1.63. The molecule has 1 aliphatic heterocycles. The van der Waals surface area contributed by atoms with E-state index in [2.05, 4.69) is 22.3 Å². The van der Waals surface area contributed by atoms with Crippen molar-refractivity contribution in [3.8, 4) is 0 Å². The summed E-state index contributed by atoms with van der Waals surface area (Å²) in [5.74, 6) is -0.300. The smallest absolute Gasteiger partial charge is 0.245 e. The molecule has 1 unspecified atom stereocenters. The van der Waals surface area contributed by atoms with E-state index in [0.29, 0.717) is 13.1 Å². The highest BCUT2D eigenvalue weighted by atomic mass is 35.6. The van der Waals surface area contributed by atoms with E-state index in [9.17, 15) is 4.79 Å². The van der Waals surface area contributed by atoms with Gasteiger partial charge in [0.25, 0.3) is 0 Å². The fraction of sp³-hybridized carbons (Fsp3) is 0.286. The molecule has 4 nitrogen and oxygen atoms in total. The first kappa shape index (κ1) is 21.0. The van der Waals surface area contributed by atoms with Crippen molar-refractivity contribution in [2.75, 3.05) is 31.1 Å². The molecular formula is C21H22Cl3N3O. The molecule has 28 heavy (non-hydrogen) atoms. The van der Waals surface area contributed by atoms with Crippen LogP contribution in [0.4, 0.5) is 5.69 Å². The quantitative estimate of drug-likeness (QED) is 0.557. The third-order valence-corrected chi connectivity index (χ3v) is 5.24. The van der Waals surface area contributed by atoms with Crippen LogP contribution in [0.3, 0.4) is 0 Å². The van der Waals surface area contributed by atoms with Crippen LogP contribution in [0, 0.1) is 0 Å². The second-order valence-electron chi connectivity index (χ2n) is 6.56. The number of nitrogens with one attached hydrogen (secondary N) is 1. The van der Waals surface area contributed by atoms with Gasteiger partial charge in [-0.3, -0.25) is 9.69 Å². The first-order valence-electron chi connectivity index (χ1n) is 9.08. The van der Waals surface area contributed by atoms with Gasteiger partial charge in [0.05, 0.1) is 0 Å². The Hall–Kier alpha value is -1.72. The summed E-state index contributed by atoms with van der Waals surface area (Å²) in [4.78, 5) is 16.7. The molecule has 2 aromatic rings. The molecule has 1 fully saturated rings. The average molecular weight is 439 g/mol. The molecule has 1 heterocycles. The Morgan fingerprint density at radius 1 is 0.929 bits per heavy atom. The van der Waals surface area contributed by atoms with E-state index in [-0.39, 0.29) is 5.91 Å². The molecule has 0 aromatic heterocycles. The van der Waals surface area contributed by atoms with Crippen LogP contribution in [0.25, 0.3) is 6.08 Å². The van der Waals surface area contributed by atoms with E-state index in [1.165, 1.54) is 11.8 Å². The predicted octanol–water partition coefficient (Wildman–Crippen LogP) is 4.33. The summed E-state index contributed by atoms with van der Waals surface area (Å²) in [7, 11) is 0. The van der Waals surface area contributed by atoms with E-state index in [0.717, 1.165) is 18.7 Å². The molecule has 1 aliphatic rings. The van der Waals surface area contributed by atoms with Gasteiger partial charge in [-0.05, 0) is 23.8 Å². The maximum absolute atomic E-state index is 12.4. The predicted molar refractivity (Wildman–Crippen MR) is 118 cm³/mol. The topological polar surface area (TPSA) is 35.6 Å². The highest BCUT2D eigenvalue weighted by Gasteiger charge is 2.39. The minimum Gasteiger partial charge on any atom is -0.369 e. The van der Waals surface area contributed by atoms with Gasteiger partial charge < -0.3 is 10.2 Å². The van der Waals surface area contributed by atoms with Crippen molar-refractivity contribution >= 4 is 52.5 Å². The number of hydrogen-bond acceptors (Lipinski definition) is 3. The van der Waals surface area contributed by atoms with Crippen molar-refractivity contribution in [2.24, 2.45) is 0 Å². The number of hydrogen-bond donors (Lipinski definition) is 1. The second kappa shape index (κ2) is 9.66. The van der Waals surface area contributed by atoms with Crippen molar-refractivity contribution in [1.82, 2.24) is 10.2 Å². The summed E-state index contributed by atoms with van der Waals surface area (Å²) in [5.41, 5.74) is 2.10. The number of alkyl halides is 3. The van der Waals surface area contributed by atoms with E-state index in [4.69, 9.17) is 34.8 Å². The van der Waals surface area contributed by atoms with Crippen LogP contribution in [0.5, 0.6) is 0 Å². The zero-order chi connectivity index (χ0) is 20.0. The largest absolute Gasteiger partial charge is 0.369 e. The monoisotopic (exact) mass is 437 g/mol. The van der Waals surface area contributed by atoms with Crippen molar-refractivity contribution < 1.29 is 4.79 Å². The van der Waals surface area contributed by atoms with Gasteiger partial charge >= 0.3 is 0 Å². The van der Waals surface area contributed by atoms with Crippen LogP contribution < -0.4 is 10.2 Å². The first-order chi connectivity index (χ1) is 13.4. The lowest BCUT2D eigenvalue weighted by atomic mass is 10.2. The fourth-order valence-electron chi connectivity index (χ4n) is 3.18. The van der Waals surface area contributed by atoms with Crippen LogP contribution in [0.2, 0.25) is 0 Å². The molecule has 0 aliphatic carbocycles. The van der Waals surface area contributed by atoms with Gasteiger partial charge in [-0.2, -0.15) is 0 Å². The molecule has 3 rings (SSSR count). The number of nitrogens with zero attached hydrogens (tertiary/aromatic N) is 2. The number of halogens is 3. The summed E-state index contributed by atoms with van der Waals surface area (Å²) >= 11 is 18.6. The second-order valence-corrected chi connectivity index (χ2v) is 8.92. The number of carbonyl (C=O) groups excluding carboxylic acids is 1. The van der Waals surface area contributed by atoms with E-state index < -0.39 is 9.96 Å². The molecule has 0 spiro atoms. The van der Waals surface area contributed by atoms with Crippen LogP contribution >= 0.6 is 34.8 Å². The number of carbonyl (C=O) groups is 1. The van der Waals surface area contributed by atoms with E-state index >= 15 is 0 Å². The molecule has 0 bridgehead atoms. The van der Waals surface area contributed by atoms with Gasteiger partial charge in [-0.25, -0.2) is 0 Å². The molecule has 0 radical (unpaired) electrons. The summed E-state index contributed by atoms with van der Waals surface area (Å²) < 4.78 is -1.63.